The highest BCUT2D eigenvalue weighted by molar-refractivity contribution is 7.92. The molecule has 3 aromatic carbocycles. The largest absolute Gasteiger partial charge is 0.497 e. The van der Waals surface area contributed by atoms with Crippen LogP contribution in [0.4, 0.5) is 5.69 Å². The topological polar surface area (TPSA) is 114 Å². The Kier molecular flexibility index (Phi) is 7.68. The number of hydrogen-bond acceptors (Lipinski definition) is 5. The van der Waals surface area contributed by atoms with Gasteiger partial charge in [0.2, 0.25) is 5.91 Å². The first-order chi connectivity index (χ1) is 15.8. The summed E-state index contributed by atoms with van der Waals surface area (Å²) in [5, 5.41) is 5.24. The van der Waals surface area contributed by atoms with Gasteiger partial charge < -0.3 is 15.4 Å². The van der Waals surface area contributed by atoms with Crippen LogP contribution >= 0.6 is 0 Å². The van der Waals surface area contributed by atoms with E-state index in [1.165, 1.54) is 24.3 Å². The maximum Gasteiger partial charge on any atom is 0.261 e. The Bertz CT molecular complexity index is 1220. The second-order valence-electron chi connectivity index (χ2n) is 7.25. The zero-order valence-electron chi connectivity index (χ0n) is 18.3. The molecule has 0 atom stereocenters. The molecule has 0 unspecified atom stereocenters. The Morgan fingerprint density at radius 1 is 0.879 bits per heavy atom. The van der Waals surface area contributed by atoms with Crippen molar-refractivity contribution in [2.45, 2.75) is 18.4 Å². The highest BCUT2D eigenvalue weighted by Gasteiger charge is 2.16. The van der Waals surface area contributed by atoms with Crippen LogP contribution in [-0.2, 0) is 21.4 Å². The molecule has 0 saturated carbocycles. The van der Waals surface area contributed by atoms with Crippen LogP contribution in [0.15, 0.2) is 77.7 Å². The molecule has 3 aromatic rings. The average Bonchev–Trinajstić information content (AvgIpc) is 2.83. The van der Waals surface area contributed by atoms with Crippen molar-refractivity contribution < 1.29 is 22.7 Å². The summed E-state index contributed by atoms with van der Waals surface area (Å²) < 4.78 is 32.8. The highest BCUT2D eigenvalue weighted by Crippen LogP contribution is 2.19. The van der Waals surface area contributed by atoms with Crippen molar-refractivity contribution in [3.05, 3.63) is 89.5 Å². The maximum atomic E-state index is 12.6. The molecule has 0 aliphatic carbocycles. The van der Waals surface area contributed by atoms with Crippen LogP contribution < -0.4 is 20.1 Å². The fraction of sp³-hybridized carbons (Fsp3) is 0.167. The van der Waals surface area contributed by atoms with Gasteiger partial charge in [0.25, 0.3) is 15.9 Å². The Labute approximate surface area is 193 Å². The Hall–Kier alpha value is -3.85. The molecule has 0 bridgehead atoms. The molecule has 0 heterocycles. The lowest BCUT2D eigenvalue weighted by Gasteiger charge is -2.11. The van der Waals surface area contributed by atoms with E-state index in [2.05, 4.69) is 15.4 Å². The predicted molar refractivity (Wildman–Crippen MR) is 126 cm³/mol. The van der Waals surface area contributed by atoms with Gasteiger partial charge in [0.05, 0.1) is 24.2 Å². The van der Waals surface area contributed by atoms with Crippen LogP contribution in [0.5, 0.6) is 5.75 Å². The first-order valence-electron chi connectivity index (χ1n) is 10.1. The number of methoxy groups -OCH3 is 1. The molecule has 0 radical (unpaired) electrons. The fourth-order valence-electron chi connectivity index (χ4n) is 2.95. The summed E-state index contributed by atoms with van der Waals surface area (Å²) in [6.07, 6.45) is 0. The molecule has 172 valence electrons. The number of nitrogens with one attached hydrogen (secondary N) is 3. The summed E-state index contributed by atoms with van der Waals surface area (Å²) in [5.74, 6) is -0.103. The number of anilines is 1. The summed E-state index contributed by atoms with van der Waals surface area (Å²) in [7, 11) is -2.22. The van der Waals surface area contributed by atoms with Gasteiger partial charge in [-0.15, -0.1) is 0 Å². The number of benzene rings is 3. The van der Waals surface area contributed by atoms with Crippen molar-refractivity contribution in [1.29, 1.82) is 0 Å². The minimum Gasteiger partial charge on any atom is -0.497 e. The minimum atomic E-state index is -3.80. The smallest absolute Gasteiger partial charge is 0.261 e. The molecular weight excluding hydrogens is 442 g/mol. The zero-order valence-corrected chi connectivity index (χ0v) is 19.1. The van der Waals surface area contributed by atoms with Gasteiger partial charge in [-0.2, -0.15) is 0 Å². The van der Waals surface area contributed by atoms with Crippen LogP contribution in [0.25, 0.3) is 0 Å². The van der Waals surface area contributed by atoms with Crippen LogP contribution in [0, 0.1) is 6.92 Å². The van der Waals surface area contributed by atoms with E-state index in [0.717, 1.165) is 16.9 Å². The van der Waals surface area contributed by atoms with Gasteiger partial charge in [0.1, 0.15) is 5.75 Å². The van der Waals surface area contributed by atoms with Gasteiger partial charge in [-0.1, -0.05) is 30.3 Å². The average molecular weight is 468 g/mol. The van der Waals surface area contributed by atoms with Crippen molar-refractivity contribution in [2.24, 2.45) is 0 Å². The molecule has 3 N–H and O–H groups in total. The van der Waals surface area contributed by atoms with Gasteiger partial charge in [0.15, 0.2) is 0 Å². The van der Waals surface area contributed by atoms with Crippen molar-refractivity contribution in [1.82, 2.24) is 10.6 Å². The number of sulfonamides is 1. The van der Waals surface area contributed by atoms with E-state index < -0.39 is 15.9 Å². The minimum absolute atomic E-state index is 0.0273. The number of para-hydroxylation sites is 1. The number of ether oxygens (including phenoxy) is 1. The molecule has 2 amide bonds. The van der Waals surface area contributed by atoms with E-state index in [1.807, 2.05) is 18.2 Å². The van der Waals surface area contributed by atoms with E-state index in [0.29, 0.717) is 12.2 Å². The molecule has 0 aliphatic heterocycles. The lowest BCUT2D eigenvalue weighted by atomic mass is 10.2. The molecule has 3 rings (SSSR count). The number of carbonyl (C=O) groups excluding carboxylic acids is 2. The Morgan fingerprint density at radius 3 is 2.18 bits per heavy atom. The predicted octanol–water partition coefficient (Wildman–Crippen LogP) is 2.85. The number of carbonyl (C=O) groups is 2. The Morgan fingerprint density at radius 2 is 1.55 bits per heavy atom. The van der Waals surface area contributed by atoms with Crippen LogP contribution in [-0.4, -0.2) is 33.9 Å². The van der Waals surface area contributed by atoms with Crippen LogP contribution in [0.2, 0.25) is 0 Å². The molecule has 0 saturated heterocycles. The number of hydrogen-bond donors (Lipinski definition) is 3. The van der Waals surface area contributed by atoms with E-state index in [1.54, 1.807) is 44.4 Å². The quantitative estimate of drug-likeness (QED) is 0.448. The van der Waals surface area contributed by atoms with Gasteiger partial charge in [-0.3, -0.25) is 14.3 Å². The summed E-state index contributed by atoms with van der Waals surface area (Å²) >= 11 is 0. The molecule has 0 aliphatic rings. The summed E-state index contributed by atoms with van der Waals surface area (Å²) in [5.41, 5.74) is 2.42. The zero-order chi connectivity index (χ0) is 23.8. The molecule has 8 nitrogen and oxygen atoms in total. The Balaban J connectivity index is 1.52. The maximum absolute atomic E-state index is 12.6. The van der Waals surface area contributed by atoms with Crippen molar-refractivity contribution in [3.8, 4) is 5.75 Å². The second-order valence-corrected chi connectivity index (χ2v) is 8.93. The third-order valence-corrected chi connectivity index (χ3v) is 6.26. The highest BCUT2D eigenvalue weighted by atomic mass is 32.2. The second kappa shape index (κ2) is 10.6. The SMILES string of the molecule is COc1ccc(CNC(=O)CNC(=O)c2ccc(S(=O)(=O)Nc3ccccc3C)cc2)cc1. The van der Waals surface area contributed by atoms with E-state index in [-0.39, 0.29) is 22.9 Å². The van der Waals surface area contributed by atoms with Crippen molar-refractivity contribution in [3.63, 3.8) is 0 Å². The summed E-state index contributed by atoms with van der Waals surface area (Å²) in [4.78, 5) is 24.4. The van der Waals surface area contributed by atoms with Crippen LogP contribution in [0.3, 0.4) is 0 Å². The molecule has 0 fully saturated rings. The fourth-order valence-corrected chi connectivity index (χ4v) is 4.08. The molecule has 0 aromatic heterocycles. The molecule has 33 heavy (non-hydrogen) atoms. The normalized spacial score (nSPS) is 10.8. The molecule has 0 spiro atoms. The summed E-state index contributed by atoms with van der Waals surface area (Å²) in [6.45, 7) is 1.92. The van der Waals surface area contributed by atoms with Gasteiger partial charge in [-0.25, -0.2) is 8.42 Å². The van der Waals surface area contributed by atoms with Gasteiger partial charge in [0, 0.05) is 12.1 Å². The molecular formula is C24H25N3O5S. The third-order valence-electron chi connectivity index (χ3n) is 4.87. The van der Waals surface area contributed by atoms with E-state index >= 15 is 0 Å². The summed E-state index contributed by atoms with van der Waals surface area (Å²) in [6, 6.07) is 19.8. The number of rotatable bonds is 9. The van der Waals surface area contributed by atoms with E-state index in [4.69, 9.17) is 4.74 Å². The third kappa shape index (κ3) is 6.56. The first-order valence-corrected chi connectivity index (χ1v) is 11.6. The van der Waals surface area contributed by atoms with Gasteiger partial charge >= 0.3 is 0 Å². The van der Waals surface area contributed by atoms with Crippen molar-refractivity contribution >= 4 is 27.5 Å². The lowest BCUT2D eigenvalue weighted by molar-refractivity contribution is -0.120. The number of amides is 2. The number of aryl methyl sites for hydroxylation is 1. The lowest BCUT2D eigenvalue weighted by Crippen LogP contribution is -2.36. The van der Waals surface area contributed by atoms with E-state index in [9.17, 15) is 18.0 Å². The standard InChI is InChI=1S/C24H25N3O5S/c1-17-5-3-4-6-22(17)27-33(30,31)21-13-9-19(10-14-21)24(29)26-16-23(28)25-15-18-7-11-20(32-2)12-8-18/h3-14,27H,15-16H2,1-2H3,(H,25,28)(H,26,29). The monoisotopic (exact) mass is 467 g/mol. The van der Waals surface area contributed by atoms with Gasteiger partial charge in [-0.05, 0) is 60.5 Å². The molecule has 9 heteroatoms. The van der Waals surface area contributed by atoms with Crippen molar-refractivity contribution in [2.75, 3.05) is 18.4 Å². The first kappa shape index (κ1) is 23.8. The van der Waals surface area contributed by atoms with Crippen LogP contribution in [0.1, 0.15) is 21.5 Å².